The molecule has 1 aliphatic rings. The fourth-order valence-electron chi connectivity index (χ4n) is 2.17. The van der Waals surface area contributed by atoms with E-state index < -0.39 is 17.3 Å². The summed E-state index contributed by atoms with van der Waals surface area (Å²) in [5.41, 5.74) is -0.816. The van der Waals surface area contributed by atoms with Gasteiger partial charge in [-0.2, -0.15) is 0 Å². The molecule has 0 aliphatic heterocycles. The van der Waals surface area contributed by atoms with E-state index in [1.54, 1.807) is 0 Å². The van der Waals surface area contributed by atoms with Crippen LogP contribution in [0.3, 0.4) is 0 Å². The number of carbonyl (C=O) groups excluding carboxylic acids is 1. The van der Waals surface area contributed by atoms with Gasteiger partial charge in [-0.1, -0.05) is 25.7 Å². The van der Waals surface area contributed by atoms with Crippen LogP contribution in [0, 0.1) is 17.8 Å². The van der Waals surface area contributed by atoms with Crippen molar-refractivity contribution in [1.29, 1.82) is 0 Å². The summed E-state index contributed by atoms with van der Waals surface area (Å²) in [4.78, 5) is 22.3. The van der Waals surface area contributed by atoms with E-state index in [4.69, 9.17) is 6.42 Å². The van der Waals surface area contributed by atoms with E-state index in [0.717, 1.165) is 25.7 Å². The lowest BCUT2D eigenvalue weighted by Crippen LogP contribution is -2.42. The number of carboxylic acid groups (broad SMARTS) is 1. The fraction of sp³-hybridized carbons (Fsp3) is 0.667. The minimum atomic E-state index is -0.827. The second kappa shape index (κ2) is 5.55. The van der Waals surface area contributed by atoms with Crippen LogP contribution in [0.15, 0.2) is 0 Å². The van der Waals surface area contributed by atoms with E-state index >= 15 is 0 Å². The molecule has 4 nitrogen and oxygen atoms in total. The normalized spacial score (nSPS) is 19.2. The lowest BCUT2D eigenvalue weighted by molar-refractivity contribution is -0.149. The lowest BCUT2D eigenvalue weighted by Gasteiger charge is -2.27. The topological polar surface area (TPSA) is 66.4 Å². The van der Waals surface area contributed by atoms with Gasteiger partial charge in [0.25, 0.3) is 5.91 Å². The van der Waals surface area contributed by atoms with Gasteiger partial charge >= 0.3 is 5.97 Å². The van der Waals surface area contributed by atoms with Crippen LogP contribution >= 0.6 is 0 Å². The van der Waals surface area contributed by atoms with E-state index in [1.807, 2.05) is 5.92 Å². The Balaban J connectivity index is 2.68. The predicted molar refractivity (Wildman–Crippen MR) is 59.6 cm³/mol. The third-order valence-corrected chi connectivity index (χ3v) is 3.23. The summed E-state index contributed by atoms with van der Waals surface area (Å²) < 4.78 is 0. The molecule has 0 saturated heterocycles. The molecule has 1 rings (SSSR count). The van der Waals surface area contributed by atoms with Crippen molar-refractivity contribution >= 4 is 11.9 Å². The molecule has 0 atom stereocenters. The smallest absolute Gasteiger partial charge is 0.311 e. The molecular formula is C12H17NO3. The summed E-state index contributed by atoms with van der Waals surface area (Å²) >= 11 is 0. The molecule has 88 valence electrons. The molecule has 0 aromatic heterocycles. The molecule has 16 heavy (non-hydrogen) atoms. The zero-order valence-electron chi connectivity index (χ0n) is 9.29. The first kappa shape index (κ1) is 12.6. The number of amides is 1. The van der Waals surface area contributed by atoms with Gasteiger partial charge in [0.2, 0.25) is 0 Å². The van der Waals surface area contributed by atoms with Crippen LogP contribution in [0.1, 0.15) is 38.5 Å². The number of carboxylic acids is 1. The van der Waals surface area contributed by atoms with Crippen molar-refractivity contribution in [2.75, 3.05) is 6.54 Å². The first-order valence-electron chi connectivity index (χ1n) is 5.58. The van der Waals surface area contributed by atoms with Gasteiger partial charge in [-0.3, -0.25) is 9.59 Å². The van der Waals surface area contributed by atoms with Gasteiger partial charge in [-0.15, -0.1) is 6.42 Å². The van der Waals surface area contributed by atoms with Crippen molar-refractivity contribution in [2.24, 2.45) is 5.41 Å². The molecule has 0 heterocycles. The van der Waals surface area contributed by atoms with Gasteiger partial charge in [-0.05, 0) is 18.8 Å². The van der Waals surface area contributed by atoms with Crippen molar-refractivity contribution in [3.63, 3.8) is 0 Å². The number of nitrogens with one attached hydrogen (secondary N) is 1. The molecule has 0 aromatic carbocycles. The molecule has 1 amide bonds. The first-order chi connectivity index (χ1) is 7.60. The standard InChI is InChI=1S/C12H17NO3/c1-2-10(14)13-9-12(11(15)16)7-5-3-4-6-8-12/h1H,3-9H2,(H,13,14)(H,15,16). The highest BCUT2D eigenvalue weighted by Gasteiger charge is 2.38. The summed E-state index contributed by atoms with van der Waals surface area (Å²) in [6.45, 7) is 0.144. The van der Waals surface area contributed by atoms with E-state index in [2.05, 4.69) is 5.32 Å². The van der Waals surface area contributed by atoms with Crippen molar-refractivity contribution in [2.45, 2.75) is 38.5 Å². The maximum absolute atomic E-state index is 11.3. The maximum Gasteiger partial charge on any atom is 0.311 e. The highest BCUT2D eigenvalue weighted by atomic mass is 16.4. The van der Waals surface area contributed by atoms with Gasteiger partial charge in [0.05, 0.1) is 5.41 Å². The zero-order valence-corrected chi connectivity index (χ0v) is 9.29. The summed E-state index contributed by atoms with van der Waals surface area (Å²) in [6, 6.07) is 0. The highest BCUT2D eigenvalue weighted by Crippen LogP contribution is 2.34. The van der Waals surface area contributed by atoms with Crippen molar-refractivity contribution < 1.29 is 14.7 Å². The van der Waals surface area contributed by atoms with Crippen LogP contribution in [0.4, 0.5) is 0 Å². The molecule has 0 bridgehead atoms. The maximum atomic E-state index is 11.3. The Morgan fingerprint density at radius 1 is 1.25 bits per heavy atom. The van der Waals surface area contributed by atoms with Gasteiger partial charge in [0.1, 0.15) is 0 Å². The SMILES string of the molecule is C#CC(=O)NCC1(C(=O)O)CCCCCC1. The molecule has 4 heteroatoms. The Morgan fingerprint density at radius 3 is 2.25 bits per heavy atom. The summed E-state index contributed by atoms with van der Waals surface area (Å²) in [7, 11) is 0. The second-order valence-electron chi connectivity index (χ2n) is 4.33. The average molecular weight is 223 g/mol. The number of terminal acetylenes is 1. The monoisotopic (exact) mass is 223 g/mol. The molecule has 0 unspecified atom stereocenters. The predicted octanol–water partition coefficient (Wildman–Crippen LogP) is 1.16. The van der Waals surface area contributed by atoms with E-state index in [9.17, 15) is 14.7 Å². The van der Waals surface area contributed by atoms with Crippen LogP contribution in [0.25, 0.3) is 0 Å². The molecule has 1 fully saturated rings. The number of hydrogen-bond donors (Lipinski definition) is 2. The highest BCUT2D eigenvalue weighted by molar-refractivity contribution is 5.93. The Morgan fingerprint density at radius 2 is 1.81 bits per heavy atom. The third kappa shape index (κ3) is 2.99. The number of rotatable bonds is 3. The summed E-state index contributed by atoms with van der Waals surface area (Å²) in [5.74, 6) is 0.569. The van der Waals surface area contributed by atoms with E-state index in [-0.39, 0.29) is 6.54 Å². The van der Waals surface area contributed by atoms with Crippen LogP contribution < -0.4 is 5.32 Å². The van der Waals surface area contributed by atoms with Crippen molar-refractivity contribution in [3.05, 3.63) is 0 Å². The van der Waals surface area contributed by atoms with Crippen LogP contribution in [-0.2, 0) is 9.59 Å². The lowest BCUT2D eigenvalue weighted by atomic mass is 9.80. The van der Waals surface area contributed by atoms with Gasteiger partial charge in [-0.25, -0.2) is 0 Å². The minimum Gasteiger partial charge on any atom is -0.481 e. The summed E-state index contributed by atoms with van der Waals surface area (Å²) in [5, 5.41) is 11.8. The van der Waals surface area contributed by atoms with E-state index in [1.165, 1.54) is 0 Å². The Hall–Kier alpha value is -1.50. The third-order valence-electron chi connectivity index (χ3n) is 3.23. The summed E-state index contributed by atoms with van der Waals surface area (Å²) in [6.07, 6.45) is 10.1. The van der Waals surface area contributed by atoms with Crippen LogP contribution in [0.5, 0.6) is 0 Å². The Labute approximate surface area is 95.4 Å². The fourth-order valence-corrected chi connectivity index (χ4v) is 2.17. The average Bonchev–Trinajstić information content (AvgIpc) is 2.52. The number of hydrogen-bond acceptors (Lipinski definition) is 2. The zero-order chi connectivity index (χ0) is 12.0. The van der Waals surface area contributed by atoms with Crippen molar-refractivity contribution in [1.82, 2.24) is 5.32 Å². The molecule has 0 radical (unpaired) electrons. The van der Waals surface area contributed by atoms with E-state index in [0.29, 0.717) is 12.8 Å². The molecule has 0 aromatic rings. The first-order valence-corrected chi connectivity index (χ1v) is 5.58. The minimum absolute atomic E-state index is 0.144. The molecule has 2 N–H and O–H groups in total. The molecule has 1 saturated carbocycles. The van der Waals surface area contributed by atoms with Gasteiger partial charge in [0, 0.05) is 6.54 Å². The van der Waals surface area contributed by atoms with Gasteiger partial charge < -0.3 is 10.4 Å². The Kier molecular flexibility index (Phi) is 4.36. The molecule has 0 spiro atoms. The quantitative estimate of drug-likeness (QED) is 0.557. The molecule has 1 aliphatic carbocycles. The second-order valence-corrected chi connectivity index (χ2v) is 4.33. The number of carbonyl (C=O) groups is 2. The Bertz CT molecular complexity index is 309. The van der Waals surface area contributed by atoms with Crippen LogP contribution in [-0.4, -0.2) is 23.5 Å². The molecular weight excluding hydrogens is 206 g/mol. The van der Waals surface area contributed by atoms with Crippen LogP contribution in [0.2, 0.25) is 0 Å². The van der Waals surface area contributed by atoms with Gasteiger partial charge in [0.15, 0.2) is 0 Å². The number of aliphatic carboxylic acids is 1. The largest absolute Gasteiger partial charge is 0.481 e. The van der Waals surface area contributed by atoms with Crippen molar-refractivity contribution in [3.8, 4) is 12.3 Å².